The van der Waals surface area contributed by atoms with Crippen LogP contribution in [0.3, 0.4) is 0 Å². The van der Waals surface area contributed by atoms with Crippen molar-refractivity contribution >= 4 is 38.6 Å². The maximum absolute atomic E-state index is 13.4. The first-order valence-corrected chi connectivity index (χ1v) is 12.4. The number of thiophene rings is 1. The molecule has 3 heterocycles. The van der Waals surface area contributed by atoms with Crippen molar-refractivity contribution in [3.05, 3.63) is 45.3 Å². The van der Waals surface area contributed by atoms with Crippen LogP contribution in [-0.2, 0) is 20.1 Å². The fourth-order valence-corrected chi connectivity index (χ4v) is 8.41. The Morgan fingerprint density at radius 3 is 2.60 bits per heavy atom. The van der Waals surface area contributed by atoms with Crippen LogP contribution in [0.25, 0.3) is 10.4 Å². The van der Waals surface area contributed by atoms with Crippen LogP contribution in [0.4, 0.5) is 0 Å². The highest BCUT2D eigenvalue weighted by Gasteiger charge is 2.55. The van der Waals surface area contributed by atoms with Crippen molar-refractivity contribution in [2.75, 3.05) is 19.0 Å². The normalized spacial score (nSPS) is 24.9. The van der Waals surface area contributed by atoms with Gasteiger partial charge >= 0.3 is 0 Å². The van der Waals surface area contributed by atoms with E-state index in [0.29, 0.717) is 41.5 Å². The van der Waals surface area contributed by atoms with E-state index >= 15 is 0 Å². The molecule has 1 fully saturated rings. The Labute approximate surface area is 185 Å². The van der Waals surface area contributed by atoms with Crippen molar-refractivity contribution in [3.63, 3.8) is 0 Å². The fourth-order valence-electron chi connectivity index (χ4n) is 4.32. The lowest BCUT2D eigenvalue weighted by Crippen LogP contribution is -2.60. The summed E-state index contributed by atoms with van der Waals surface area (Å²) in [5.74, 6) is -0.00893. The van der Waals surface area contributed by atoms with E-state index in [0.717, 1.165) is 16.0 Å². The molecule has 1 aromatic heterocycles. The third-order valence-corrected chi connectivity index (χ3v) is 10.5. The number of rotatable bonds is 2. The van der Waals surface area contributed by atoms with Crippen LogP contribution < -0.4 is 5.73 Å². The molecule has 0 aliphatic carbocycles. The zero-order valence-electron chi connectivity index (χ0n) is 16.7. The van der Waals surface area contributed by atoms with Crippen LogP contribution in [0.5, 0.6) is 0 Å². The second-order valence-electron chi connectivity index (χ2n) is 8.12. The number of nitrogens with two attached hydrogens (primary N) is 1. The zero-order chi connectivity index (χ0) is 21.7. The SMILES string of the molecule is Cc1cc(C#N)cc(-c2cc(Cl)c([C@]3(C)CS(=O)(=O)C4(CCOCC4)C(N)=N3)s2)c1. The van der Waals surface area contributed by atoms with Crippen LogP contribution in [-0.4, -0.2) is 38.0 Å². The third-order valence-electron chi connectivity index (χ3n) is 5.87. The molecule has 0 saturated carbocycles. The van der Waals surface area contributed by atoms with Crippen molar-refractivity contribution in [1.29, 1.82) is 5.26 Å². The summed E-state index contributed by atoms with van der Waals surface area (Å²) in [5.41, 5.74) is 7.63. The maximum atomic E-state index is 13.4. The number of aryl methyl sites for hydroxylation is 1. The molecule has 6 nitrogen and oxygen atoms in total. The second kappa shape index (κ2) is 7.34. The Morgan fingerprint density at radius 1 is 1.27 bits per heavy atom. The smallest absolute Gasteiger partial charge is 0.166 e. The Balaban J connectivity index is 1.80. The minimum absolute atomic E-state index is 0.146. The van der Waals surface area contributed by atoms with E-state index < -0.39 is 20.1 Å². The lowest BCUT2D eigenvalue weighted by atomic mass is 9.95. The van der Waals surface area contributed by atoms with Crippen molar-refractivity contribution in [1.82, 2.24) is 0 Å². The van der Waals surface area contributed by atoms with E-state index in [1.807, 2.05) is 19.1 Å². The third kappa shape index (κ3) is 3.34. The van der Waals surface area contributed by atoms with E-state index in [2.05, 4.69) is 6.07 Å². The first-order chi connectivity index (χ1) is 14.1. The van der Waals surface area contributed by atoms with Crippen LogP contribution >= 0.6 is 22.9 Å². The van der Waals surface area contributed by atoms with Crippen molar-refractivity contribution < 1.29 is 13.2 Å². The summed E-state index contributed by atoms with van der Waals surface area (Å²) in [5, 5.41) is 9.72. The highest BCUT2D eigenvalue weighted by atomic mass is 35.5. The molecule has 2 N–H and O–H groups in total. The first kappa shape index (κ1) is 21.3. The first-order valence-electron chi connectivity index (χ1n) is 9.58. The molecule has 2 aliphatic heterocycles. The molecule has 4 rings (SSSR count). The van der Waals surface area contributed by atoms with Gasteiger partial charge in [0.25, 0.3) is 0 Å². The number of amidine groups is 1. The molecule has 1 atom stereocenters. The largest absolute Gasteiger partial charge is 0.386 e. The molecular formula is C21H22ClN3O3S2. The summed E-state index contributed by atoms with van der Waals surface area (Å²) in [4.78, 5) is 6.22. The number of hydrogen-bond donors (Lipinski definition) is 1. The predicted molar refractivity (Wildman–Crippen MR) is 120 cm³/mol. The van der Waals surface area contributed by atoms with E-state index in [-0.39, 0.29) is 11.6 Å². The van der Waals surface area contributed by atoms with Crippen molar-refractivity contribution in [2.45, 2.75) is 37.0 Å². The summed E-state index contributed by atoms with van der Waals surface area (Å²) in [6, 6.07) is 9.55. The van der Waals surface area contributed by atoms with Gasteiger partial charge in [0, 0.05) is 18.1 Å². The van der Waals surface area contributed by atoms with Crippen molar-refractivity contribution in [3.8, 4) is 16.5 Å². The predicted octanol–water partition coefficient (Wildman–Crippen LogP) is 3.80. The number of benzene rings is 1. The van der Waals surface area contributed by atoms with Gasteiger partial charge in [-0.3, -0.25) is 4.99 Å². The van der Waals surface area contributed by atoms with Crippen LogP contribution in [0.1, 0.15) is 35.8 Å². The molecule has 0 radical (unpaired) electrons. The standard InChI is InChI=1S/C21H22ClN3O3S2/c1-13-7-14(11-23)9-15(8-13)17-10-16(22)18(29-17)20(2)12-30(26,27)21(19(24)25-20)3-5-28-6-4-21/h7-10H,3-6,12H2,1-2H3,(H2,24,25)/t20-/m0/s1. The van der Waals surface area contributed by atoms with E-state index in [1.54, 1.807) is 19.1 Å². The molecule has 1 saturated heterocycles. The number of ether oxygens (including phenoxy) is 1. The van der Waals surface area contributed by atoms with Gasteiger partial charge in [0.2, 0.25) is 0 Å². The molecule has 9 heteroatoms. The summed E-state index contributed by atoms with van der Waals surface area (Å²) in [7, 11) is -3.57. The van der Waals surface area contributed by atoms with Crippen LogP contribution in [0.2, 0.25) is 5.02 Å². The molecule has 30 heavy (non-hydrogen) atoms. The molecule has 158 valence electrons. The van der Waals surface area contributed by atoms with Gasteiger partial charge in [0.1, 0.15) is 16.1 Å². The Morgan fingerprint density at radius 2 is 1.97 bits per heavy atom. The maximum Gasteiger partial charge on any atom is 0.166 e. The number of aliphatic imine (C=N–C) groups is 1. The molecule has 0 bridgehead atoms. The minimum Gasteiger partial charge on any atom is -0.386 e. The quantitative estimate of drug-likeness (QED) is 0.729. The van der Waals surface area contributed by atoms with Gasteiger partial charge < -0.3 is 10.5 Å². The molecular weight excluding hydrogens is 442 g/mol. The van der Waals surface area contributed by atoms with Crippen LogP contribution in [0.15, 0.2) is 29.3 Å². The zero-order valence-corrected chi connectivity index (χ0v) is 19.1. The number of halogens is 1. The lowest BCUT2D eigenvalue weighted by Gasteiger charge is -2.43. The minimum atomic E-state index is -3.57. The monoisotopic (exact) mass is 463 g/mol. The molecule has 1 spiro atoms. The van der Waals surface area contributed by atoms with Gasteiger partial charge in [-0.25, -0.2) is 8.42 Å². The molecule has 0 unspecified atom stereocenters. The Hall–Kier alpha value is -1.92. The van der Waals surface area contributed by atoms with Gasteiger partial charge in [-0.1, -0.05) is 17.7 Å². The summed E-state index contributed by atoms with van der Waals surface area (Å²) in [6.07, 6.45) is 0.648. The van der Waals surface area contributed by atoms with Crippen molar-refractivity contribution in [2.24, 2.45) is 10.7 Å². The Kier molecular flexibility index (Phi) is 5.22. The second-order valence-corrected chi connectivity index (χ2v) is 11.9. The highest BCUT2D eigenvalue weighted by Crippen LogP contribution is 2.47. The molecule has 0 amide bonds. The van der Waals surface area contributed by atoms with E-state index in [1.165, 1.54) is 11.3 Å². The lowest BCUT2D eigenvalue weighted by molar-refractivity contribution is 0.0875. The highest BCUT2D eigenvalue weighted by molar-refractivity contribution is 7.93. The van der Waals surface area contributed by atoms with Gasteiger partial charge in [-0.05, 0) is 56.0 Å². The Bertz CT molecular complexity index is 1190. The average molecular weight is 464 g/mol. The van der Waals surface area contributed by atoms with Gasteiger partial charge in [-0.2, -0.15) is 5.26 Å². The number of sulfone groups is 1. The van der Waals surface area contributed by atoms with E-state index in [9.17, 15) is 13.7 Å². The molecule has 1 aromatic carbocycles. The topological polar surface area (TPSA) is 106 Å². The molecule has 2 aromatic rings. The number of nitriles is 1. The summed E-state index contributed by atoms with van der Waals surface area (Å²) >= 11 is 7.96. The van der Waals surface area contributed by atoms with E-state index in [4.69, 9.17) is 27.1 Å². The fraction of sp³-hybridized carbons (Fsp3) is 0.429. The average Bonchev–Trinajstić information content (AvgIpc) is 3.09. The summed E-state index contributed by atoms with van der Waals surface area (Å²) in [6.45, 7) is 4.39. The number of hydrogen-bond acceptors (Lipinski definition) is 7. The van der Waals surface area contributed by atoms with Crippen LogP contribution in [0, 0.1) is 18.3 Å². The van der Waals surface area contributed by atoms with Gasteiger partial charge in [0.05, 0.1) is 27.3 Å². The van der Waals surface area contributed by atoms with Gasteiger partial charge in [0.15, 0.2) is 9.84 Å². The summed E-state index contributed by atoms with van der Waals surface area (Å²) < 4.78 is 31.0. The number of nitrogens with zero attached hydrogens (tertiary/aromatic N) is 2. The molecule has 2 aliphatic rings. The van der Waals surface area contributed by atoms with Gasteiger partial charge in [-0.15, -0.1) is 11.3 Å².